The SMILES string of the molecule is CC(CCC(=O)O)C1CCC2C3C(O)CC4CC(C=O)CCC4(C)C3CC(O)(C=O)C12C. The van der Waals surface area contributed by atoms with Gasteiger partial charge in [-0.15, -0.1) is 0 Å². The van der Waals surface area contributed by atoms with Gasteiger partial charge < -0.3 is 24.9 Å². The molecular weight excluding hydrogens is 408 g/mol. The Bertz CT molecular complexity index is 767. The summed E-state index contributed by atoms with van der Waals surface area (Å²) in [5, 5.41) is 32.5. The number of aliphatic hydroxyl groups is 2. The van der Waals surface area contributed by atoms with E-state index in [0.717, 1.165) is 44.7 Å². The zero-order valence-electron chi connectivity index (χ0n) is 19.7. The Morgan fingerprint density at radius 1 is 1.12 bits per heavy atom. The Labute approximate surface area is 191 Å². The number of carbonyl (C=O) groups is 3. The molecule has 4 saturated carbocycles. The van der Waals surface area contributed by atoms with Gasteiger partial charge in [-0.3, -0.25) is 4.79 Å². The molecule has 32 heavy (non-hydrogen) atoms. The molecule has 180 valence electrons. The third-order valence-electron chi connectivity index (χ3n) is 11.0. The fraction of sp³-hybridized carbons (Fsp3) is 0.885. The van der Waals surface area contributed by atoms with Crippen molar-refractivity contribution in [3.63, 3.8) is 0 Å². The van der Waals surface area contributed by atoms with E-state index in [1.165, 1.54) is 0 Å². The van der Waals surface area contributed by atoms with E-state index in [4.69, 9.17) is 5.11 Å². The third kappa shape index (κ3) is 3.31. The van der Waals surface area contributed by atoms with Gasteiger partial charge in [-0.25, -0.2) is 0 Å². The largest absolute Gasteiger partial charge is 0.481 e. The number of carboxylic acid groups (broad SMARTS) is 1. The van der Waals surface area contributed by atoms with Gasteiger partial charge in [0.1, 0.15) is 11.9 Å². The van der Waals surface area contributed by atoms with Crippen molar-refractivity contribution in [1.29, 1.82) is 0 Å². The maximum absolute atomic E-state index is 12.5. The highest BCUT2D eigenvalue weighted by Gasteiger charge is 2.70. The number of aliphatic carboxylic acids is 1. The summed E-state index contributed by atoms with van der Waals surface area (Å²) >= 11 is 0. The molecule has 0 aromatic heterocycles. The molecule has 4 rings (SSSR count). The summed E-state index contributed by atoms with van der Waals surface area (Å²) in [7, 11) is 0. The van der Waals surface area contributed by atoms with E-state index in [9.17, 15) is 24.6 Å². The molecule has 0 bridgehead atoms. The predicted molar refractivity (Wildman–Crippen MR) is 119 cm³/mol. The van der Waals surface area contributed by atoms with E-state index in [2.05, 4.69) is 6.92 Å². The quantitative estimate of drug-likeness (QED) is 0.537. The van der Waals surface area contributed by atoms with Gasteiger partial charge in [0.25, 0.3) is 0 Å². The van der Waals surface area contributed by atoms with Crippen molar-refractivity contribution < 1.29 is 29.7 Å². The first-order valence-electron chi connectivity index (χ1n) is 12.6. The van der Waals surface area contributed by atoms with Gasteiger partial charge >= 0.3 is 5.97 Å². The van der Waals surface area contributed by atoms with Crippen LogP contribution in [0.1, 0.15) is 78.6 Å². The number of aliphatic hydroxyl groups excluding tert-OH is 1. The molecule has 4 aliphatic carbocycles. The Morgan fingerprint density at radius 3 is 2.47 bits per heavy atom. The minimum atomic E-state index is -1.48. The third-order valence-corrected chi connectivity index (χ3v) is 11.0. The lowest BCUT2D eigenvalue weighted by Gasteiger charge is -2.65. The van der Waals surface area contributed by atoms with Crippen molar-refractivity contribution in [2.45, 2.75) is 90.3 Å². The summed E-state index contributed by atoms with van der Waals surface area (Å²) in [6.07, 6.45) is 7.20. The molecule has 0 aliphatic heterocycles. The lowest BCUT2D eigenvalue weighted by Crippen LogP contribution is -2.67. The highest BCUT2D eigenvalue weighted by Crippen LogP contribution is 2.70. The lowest BCUT2D eigenvalue weighted by molar-refractivity contribution is -0.233. The fourth-order valence-corrected chi connectivity index (χ4v) is 9.13. The highest BCUT2D eigenvalue weighted by molar-refractivity contribution is 5.67. The number of fused-ring (bicyclic) bond motifs is 5. The number of carbonyl (C=O) groups excluding carboxylic acids is 2. The molecule has 0 radical (unpaired) electrons. The molecule has 0 heterocycles. The monoisotopic (exact) mass is 448 g/mol. The van der Waals surface area contributed by atoms with E-state index in [-0.39, 0.29) is 53.3 Å². The van der Waals surface area contributed by atoms with E-state index >= 15 is 0 Å². The molecule has 3 N–H and O–H groups in total. The van der Waals surface area contributed by atoms with Gasteiger partial charge in [-0.1, -0.05) is 20.8 Å². The molecule has 6 nitrogen and oxygen atoms in total. The van der Waals surface area contributed by atoms with Crippen LogP contribution in [0.3, 0.4) is 0 Å². The van der Waals surface area contributed by atoms with E-state index in [0.29, 0.717) is 19.3 Å². The molecule has 0 saturated heterocycles. The zero-order chi connectivity index (χ0) is 23.5. The fourth-order valence-electron chi connectivity index (χ4n) is 9.13. The minimum Gasteiger partial charge on any atom is -0.481 e. The summed E-state index contributed by atoms with van der Waals surface area (Å²) in [6.45, 7) is 6.34. The Balaban J connectivity index is 1.69. The summed E-state index contributed by atoms with van der Waals surface area (Å²) < 4.78 is 0. The summed E-state index contributed by atoms with van der Waals surface area (Å²) in [5.74, 6) is -0.307. The van der Waals surface area contributed by atoms with Crippen LogP contribution in [0.4, 0.5) is 0 Å². The summed E-state index contributed by atoms with van der Waals surface area (Å²) in [5.41, 5.74) is -2.24. The summed E-state index contributed by atoms with van der Waals surface area (Å²) in [6, 6.07) is 0. The van der Waals surface area contributed by atoms with Crippen LogP contribution in [0.15, 0.2) is 0 Å². The number of hydrogen-bond donors (Lipinski definition) is 3. The molecule has 4 aliphatic rings. The van der Waals surface area contributed by atoms with Crippen LogP contribution in [-0.4, -0.2) is 45.6 Å². The van der Waals surface area contributed by atoms with Crippen molar-refractivity contribution in [2.24, 2.45) is 52.3 Å². The standard InChI is InChI=1S/C26H40O6/c1-15(4-7-22(30)31)18-5-6-19-23-20(12-26(32,14-28)25(18,19)3)24(2)9-8-16(13-27)10-17(24)11-21(23)29/h13-21,23,29,32H,4-12H2,1-3H3,(H,30,31). The second-order valence-electron chi connectivity index (χ2n) is 12.1. The van der Waals surface area contributed by atoms with Gasteiger partial charge in [-0.2, -0.15) is 0 Å². The van der Waals surface area contributed by atoms with Crippen LogP contribution >= 0.6 is 0 Å². The first-order valence-corrected chi connectivity index (χ1v) is 12.6. The van der Waals surface area contributed by atoms with Gasteiger partial charge in [-0.05, 0) is 92.3 Å². The van der Waals surface area contributed by atoms with E-state index < -0.39 is 23.1 Å². The van der Waals surface area contributed by atoms with Crippen molar-refractivity contribution in [3.8, 4) is 0 Å². The second kappa shape index (κ2) is 8.19. The number of hydrogen-bond acceptors (Lipinski definition) is 5. The molecule has 11 atom stereocenters. The average Bonchev–Trinajstić information content (AvgIpc) is 3.11. The van der Waals surface area contributed by atoms with Crippen molar-refractivity contribution >= 4 is 18.5 Å². The van der Waals surface area contributed by atoms with Crippen molar-refractivity contribution in [2.75, 3.05) is 0 Å². The molecule has 0 amide bonds. The van der Waals surface area contributed by atoms with Gasteiger partial charge in [0.2, 0.25) is 0 Å². The van der Waals surface area contributed by atoms with E-state index in [1.807, 2.05) is 13.8 Å². The molecule has 0 spiro atoms. The Morgan fingerprint density at radius 2 is 1.84 bits per heavy atom. The average molecular weight is 449 g/mol. The number of carboxylic acids is 1. The predicted octanol–water partition coefficient (Wildman–Crippen LogP) is 3.47. The van der Waals surface area contributed by atoms with Crippen LogP contribution in [0.2, 0.25) is 0 Å². The van der Waals surface area contributed by atoms with Gasteiger partial charge in [0, 0.05) is 17.8 Å². The molecule has 4 fully saturated rings. The summed E-state index contributed by atoms with van der Waals surface area (Å²) in [4.78, 5) is 35.1. The zero-order valence-corrected chi connectivity index (χ0v) is 19.7. The highest BCUT2D eigenvalue weighted by atomic mass is 16.4. The maximum Gasteiger partial charge on any atom is 0.303 e. The number of rotatable bonds is 6. The molecular formula is C26H40O6. The topological polar surface area (TPSA) is 112 Å². The minimum absolute atomic E-state index is 0.0327. The van der Waals surface area contributed by atoms with Gasteiger partial charge in [0.05, 0.1) is 6.10 Å². The molecule has 0 aromatic carbocycles. The number of aldehydes is 2. The Hall–Kier alpha value is -1.27. The van der Waals surface area contributed by atoms with Gasteiger partial charge in [0.15, 0.2) is 6.29 Å². The first kappa shape index (κ1) is 23.9. The van der Waals surface area contributed by atoms with E-state index in [1.54, 1.807) is 0 Å². The molecule has 6 heteroatoms. The maximum atomic E-state index is 12.5. The second-order valence-corrected chi connectivity index (χ2v) is 12.1. The van der Waals surface area contributed by atoms with Crippen LogP contribution in [0.25, 0.3) is 0 Å². The normalized spacial score (nSPS) is 51.1. The van der Waals surface area contributed by atoms with Crippen LogP contribution in [0, 0.1) is 52.3 Å². The molecule has 0 aromatic rings. The van der Waals surface area contributed by atoms with Crippen LogP contribution in [-0.2, 0) is 14.4 Å². The van der Waals surface area contributed by atoms with Crippen molar-refractivity contribution in [3.05, 3.63) is 0 Å². The first-order chi connectivity index (χ1) is 15.0. The molecule has 11 unspecified atom stereocenters. The van der Waals surface area contributed by atoms with Crippen LogP contribution < -0.4 is 0 Å². The lowest BCUT2D eigenvalue weighted by atomic mass is 9.40. The Kier molecular flexibility index (Phi) is 6.11. The van der Waals surface area contributed by atoms with Crippen LogP contribution in [0.5, 0.6) is 0 Å². The smallest absolute Gasteiger partial charge is 0.303 e. The van der Waals surface area contributed by atoms with Crippen molar-refractivity contribution in [1.82, 2.24) is 0 Å².